The maximum Gasteiger partial charge on any atom is 0.181 e. The van der Waals surface area contributed by atoms with Crippen LogP contribution < -0.4 is 5.32 Å². The second kappa shape index (κ2) is 6.22. The number of nitrogens with one attached hydrogen (secondary N) is 2. The van der Waals surface area contributed by atoms with Crippen molar-refractivity contribution >= 4 is 16.6 Å². The van der Waals surface area contributed by atoms with Gasteiger partial charge in [-0.2, -0.15) is 0 Å². The van der Waals surface area contributed by atoms with E-state index in [1.165, 1.54) is 17.3 Å². The molecule has 0 aliphatic rings. The van der Waals surface area contributed by atoms with Gasteiger partial charge in [-0.25, -0.2) is 4.98 Å². The first-order valence-electron chi connectivity index (χ1n) is 7.76. The van der Waals surface area contributed by atoms with Gasteiger partial charge in [0.2, 0.25) is 0 Å². The van der Waals surface area contributed by atoms with Gasteiger partial charge in [-0.05, 0) is 35.4 Å². The predicted molar refractivity (Wildman–Crippen MR) is 93.5 cm³/mol. The van der Waals surface area contributed by atoms with Crippen molar-refractivity contribution in [2.24, 2.45) is 0 Å². The monoisotopic (exact) mass is 319 g/mol. The molecule has 120 valence electrons. The van der Waals surface area contributed by atoms with E-state index in [0.29, 0.717) is 12.3 Å². The van der Waals surface area contributed by atoms with E-state index in [2.05, 4.69) is 27.4 Å². The third kappa shape index (κ3) is 2.66. The third-order valence-electron chi connectivity index (χ3n) is 4.13. The molecule has 0 fully saturated rings. The van der Waals surface area contributed by atoms with Gasteiger partial charge in [0.25, 0.3) is 0 Å². The molecule has 2 aromatic heterocycles. The lowest BCUT2D eigenvalue weighted by Crippen LogP contribution is -2.00. The van der Waals surface area contributed by atoms with E-state index >= 15 is 0 Å². The Hall–Kier alpha value is -3.05. The molecule has 5 nitrogen and oxygen atoms in total. The normalized spacial score (nSPS) is 11.0. The van der Waals surface area contributed by atoms with Gasteiger partial charge in [0, 0.05) is 34.9 Å². The lowest BCUT2D eigenvalue weighted by atomic mass is 10.1. The molecule has 0 unspecified atom stereocenters. The first-order chi connectivity index (χ1) is 11.8. The van der Waals surface area contributed by atoms with E-state index < -0.39 is 0 Å². The van der Waals surface area contributed by atoms with E-state index in [-0.39, 0.29) is 6.61 Å². The number of oxazole rings is 1. The maximum atomic E-state index is 9.64. The zero-order chi connectivity index (χ0) is 16.4. The van der Waals surface area contributed by atoms with E-state index in [9.17, 15) is 5.11 Å². The minimum Gasteiger partial charge on any atom is -0.444 e. The van der Waals surface area contributed by atoms with Crippen molar-refractivity contribution in [1.82, 2.24) is 9.97 Å². The number of benzene rings is 2. The first-order valence-corrected chi connectivity index (χ1v) is 7.76. The summed E-state index contributed by atoms with van der Waals surface area (Å²) >= 11 is 0. The standard InChI is InChI=1S/C19H17N3O2/c23-11-13-7-15(5-6-17(13)19-10-20-12-24-19)21-8-14-9-22-18-4-2-1-3-16(14)18/h1-7,9-10,12,21-23H,8,11H2. The van der Waals surface area contributed by atoms with Gasteiger partial charge in [0.15, 0.2) is 12.2 Å². The van der Waals surface area contributed by atoms with Crippen LogP contribution in [-0.2, 0) is 13.2 Å². The fourth-order valence-electron chi connectivity index (χ4n) is 2.90. The molecule has 2 aromatic carbocycles. The summed E-state index contributed by atoms with van der Waals surface area (Å²) < 4.78 is 5.32. The first kappa shape index (κ1) is 14.5. The Bertz CT molecular complexity index is 958. The molecule has 0 aliphatic carbocycles. The smallest absolute Gasteiger partial charge is 0.181 e. The summed E-state index contributed by atoms with van der Waals surface area (Å²) in [5, 5.41) is 14.3. The number of anilines is 1. The Morgan fingerprint density at radius 2 is 2.04 bits per heavy atom. The lowest BCUT2D eigenvalue weighted by molar-refractivity contribution is 0.282. The molecule has 24 heavy (non-hydrogen) atoms. The van der Waals surface area contributed by atoms with E-state index in [4.69, 9.17) is 4.42 Å². The number of fused-ring (bicyclic) bond motifs is 1. The number of hydrogen-bond donors (Lipinski definition) is 3. The summed E-state index contributed by atoms with van der Waals surface area (Å²) in [6, 6.07) is 14.1. The SMILES string of the molecule is OCc1cc(NCc2c[nH]c3ccccc23)ccc1-c1cnco1. The van der Waals surface area contributed by atoms with Crippen LogP contribution in [0.3, 0.4) is 0 Å². The van der Waals surface area contributed by atoms with E-state index in [1.54, 1.807) is 6.20 Å². The Balaban J connectivity index is 1.57. The highest BCUT2D eigenvalue weighted by molar-refractivity contribution is 5.83. The Labute approximate surface area is 139 Å². The van der Waals surface area contributed by atoms with E-state index in [1.807, 2.05) is 36.5 Å². The van der Waals surface area contributed by atoms with Crippen LogP contribution in [0.15, 0.2) is 65.7 Å². The van der Waals surface area contributed by atoms with Crippen molar-refractivity contribution in [3.63, 3.8) is 0 Å². The number of aliphatic hydroxyl groups is 1. The zero-order valence-electron chi connectivity index (χ0n) is 13.0. The van der Waals surface area contributed by atoms with E-state index in [0.717, 1.165) is 22.3 Å². The van der Waals surface area contributed by atoms with Crippen molar-refractivity contribution in [2.75, 3.05) is 5.32 Å². The summed E-state index contributed by atoms with van der Waals surface area (Å²) in [6.45, 7) is 0.648. The molecule has 5 heteroatoms. The molecule has 0 bridgehead atoms. The molecule has 0 saturated heterocycles. The van der Waals surface area contributed by atoms with Crippen molar-refractivity contribution in [2.45, 2.75) is 13.2 Å². The minimum absolute atomic E-state index is 0.0569. The summed E-state index contributed by atoms with van der Waals surface area (Å²) in [6.07, 6.45) is 5.06. The fraction of sp³-hybridized carbons (Fsp3) is 0.105. The van der Waals surface area contributed by atoms with Gasteiger partial charge in [-0.1, -0.05) is 18.2 Å². The van der Waals surface area contributed by atoms with Gasteiger partial charge < -0.3 is 19.8 Å². The van der Waals surface area contributed by atoms with Crippen molar-refractivity contribution < 1.29 is 9.52 Å². The summed E-state index contributed by atoms with van der Waals surface area (Å²) in [5.41, 5.74) is 4.94. The van der Waals surface area contributed by atoms with Crippen molar-refractivity contribution in [3.05, 3.63) is 72.4 Å². The Kier molecular flexibility index (Phi) is 3.76. The van der Waals surface area contributed by atoms with Gasteiger partial charge in [-0.15, -0.1) is 0 Å². The Morgan fingerprint density at radius 3 is 2.88 bits per heavy atom. The third-order valence-corrected chi connectivity index (χ3v) is 4.13. The number of H-pyrrole nitrogens is 1. The Morgan fingerprint density at radius 1 is 1.12 bits per heavy atom. The van der Waals surface area contributed by atoms with Gasteiger partial charge in [0.05, 0.1) is 12.8 Å². The number of hydrogen-bond acceptors (Lipinski definition) is 4. The average molecular weight is 319 g/mol. The molecular formula is C19H17N3O2. The molecule has 4 rings (SSSR count). The number of rotatable bonds is 5. The number of aromatic nitrogens is 2. The molecule has 0 atom stereocenters. The fourth-order valence-corrected chi connectivity index (χ4v) is 2.90. The van der Waals surface area contributed by atoms with Crippen LogP contribution in [0.1, 0.15) is 11.1 Å². The molecule has 4 aromatic rings. The molecule has 0 radical (unpaired) electrons. The van der Waals surface area contributed by atoms with Gasteiger partial charge in [0.1, 0.15) is 0 Å². The van der Waals surface area contributed by atoms with Gasteiger partial charge in [-0.3, -0.25) is 0 Å². The highest BCUT2D eigenvalue weighted by Crippen LogP contribution is 2.27. The topological polar surface area (TPSA) is 74.1 Å². The maximum absolute atomic E-state index is 9.64. The second-order valence-electron chi connectivity index (χ2n) is 5.61. The number of aromatic amines is 1. The molecule has 0 aliphatic heterocycles. The molecule has 0 spiro atoms. The molecule has 3 N–H and O–H groups in total. The van der Waals surface area contributed by atoms with Crippen LogP contribution in [0.5, 0.6) is 0 Å². The van der Waals surface area contributed by atoms with Crippen LogP contribution in [0.4, 0.5) is 5.69 Å². The van der Waals surface area contributed by atoms with Crippen LogP contribution in [0.25, 0.3) is 22.2 Å². The largest absolute Gasteiger partial charge is 0.444 e. The average Bonchev–Trinajstić information content (AvgIpc) is 3.29. The molecule has 0 saturated carbocycles. The lowest BCUT2D eigenvalue weighted by Gasteiger charge is -2.10. The minimum atomic E-state index is -0.0569. The zero-order valence-corrected chi connectivity index (χ0v) is 13.0. The number of para-hydroxylation sites is 1. The molecular weight excluding hydrogens is 302 g/mol. The summed E-state index contributed by atoms with van der Waals surface area (Å²) in [7, 11) is 0. The second-order valence-corrected chi connectivity index (χ2v) is 5.61. The van der Waals surface area contributed by atoms with Crippen LogP contribution >= 0.6 is 0 Å². The van der Waals surface area contributed by atoms with Crippen LogP contribution in [0.2, 0.25) is 0 Å². The highest BCUT2D eigenvalue weighted by atomic mass is 16.3. The molecule has 0 amide bonds. The van der Waals surface area contributed by atoms with Crippen molar-refractivity contribution in [1.29, 1.82) is 0 Å². The molecule has 2 heterocycles. The summed E-state index contributed by atoms with van der Waals surface area (Å²) in [4.78, 5) is 7.20. The summed E-state index contributed by atoms with van der Waals surface area (Å²) in [5.74, 6) is 0.655. The predicted octanol–water partition coefficient (Wildman–Crippen LogP) is 3.93. The number of aliphatic hydroxyl groups excluding tert-OH is 1. The number of nitrogens with zero attached hydrogens (tertiary/aromatic N) is 1. The van der Waals surface area contributed by atoms with Crippen LogP contribution in [0, 0.1) is 0 Å². The quantitative estimate of drug-likeness (QED) is 0.521. The van der Waals surface area contributed by atoms with Crippen LogP contribution in [-0.4, -0.2) is 15.1 Å². The van der Waals surface area contributed by atoms with Gasteiger partial charge >= 0.3 is 0 Å². The highest BCUT2D eigenvalue weighted by Gasteiger charge is 2.09. The van der Waals surface area contributed by atoms with Crippen molar-refractivity contribution in [3.8, 4) is 11.3 Å².